The number of methoxy groups -OCH3 is 1. The van der Waals surface area contributed by atoms with Gasteiger partial charge in [0.2, 0.25) is 0 Å². The van der Waals surface area contributed by atoms with Crippen LogP contribution >= 0.6 is 0 Å². The molecule has 0 fully saturated rings. The fourth-order valence-electron chi connectivity index (χ4n) is 2.35. The zero-order chi connectivity index (χ0) is 17.6. The fraction of sp³-hybridized carbons (Fsp3) is 0.167. The minimum absolute atomic E-state index is 0.263. The van der Waals surface area contributed by atoms with Crippen molar-refractivity contribution in [2.45, 2.75) is 0 Å². The van der Waals surface area contributed by atoms with E-state index in [0.717, 1.165) is 5.56 Å². The summed E-state index contributed by atoms with van der Waals surface area (Å²) in [4.78, 5) is 16.4. The van der Waals surface area contributed by atoms with Crippen molar-refractivity contribution >= 4 is 5.91 Å². The molecule has 0 aliphatic carbocycles. The second-order valence-corrected chi connectivity index (χ2v) is 5.29. The highest BCUT2D eigenvalue weighted by Crippen LogP contribution is 2.23. The lowest BCUT2D eigenvalue weighted by Gasteiger charge is -2.07. The van der Waals surface area contributed by atoms with E-state index in [0.29, 0.717) is 24.5 Å². The molecule has 3 rings (SSSR count). The molecule has 0 bridgehead atoms. The van der Waals surface area contributed by atoms with Gasteiger partial charge in [-0.1, -0.05) is 0 Å². The summed E-state index contributed by atoms with van der Waals surface area (Å²) in [6, 6.07) is 11.3. The molecule has 25 heavy (non-hydrogen) atoms. The number of aromatic nitrogens is 3. The van der Waals surface area contributed by atoms with Gasteiger partial charge in [0, 0.05) is 31.6 Å². The van der Waals surface area contributed by atoms with Crippen molar-refractivity contribution in [3.8, 4) is 16.9 Å². The van der Waals surface area contributed by atoms with Gasteiger partial charge in [-0.3, -0.25) is 9.78 Å². The van der Waals surface area contributed by atoms with Crippen LogP contribution in [0.4, 0.5) is 4.39 Å². The second-order valence-electron chi connectivity index (χ2n) is 5.29. The van der Waals surface area contributed by atoms with Crippen LogP contribution in [0.1, 0.15) is 10.5 Å². The lowest BCUT2D eigenvalue weighted by atomic mass is 10.2. The Labute approximate surface area is 144 Å². The number of pyridine rings is 1. The maximum Gasteiger partial charge on any atom is 0.271 e. The van der Waals surface area contributed by atoms with Gasteiger partial charge < -0.3 is 10.1 Å². The Balaban J connectivity index is 2.00. The van der Waals surface area contributed by atoms with Crippen LogP contribution in [0.2, 0.25) is 0 Å². The third kappa shape index (κ3) is 3.89. The van der Waals surface area contributed by atoms with Crippen molar-refractivity contribution < 1.29 is 13.9 Å². The van der Waals surface area contributed by atoms with E-state index in [1.807, 2.05) is 6.07 Å². The molecule has 1 amide bonds. The van der Waals surface area contributed by atoms with Gasteiger partial charge in [-0.25, -0.2) is 9.07 Å². The first-order valence-corrected chi connectivity index (χ1v) is 7.72. The van der Waals surface area contributed by atoms with E-state index in [1.54, 1.807) is 48.5 Å². The molecular formula is C18H17FN4O2. The summed E-state index contributed by atoms with van der Waals surface area (Å²) in [5, 5.41) is 7.12. The van der Waals surface area contributed by atoms with Gasteiger partial charge in [0.25, 0.3) is 5.91 Å². The van der Waals surface area contributed by atoms with Crippen LogP contribution < -0.4 is 5.32 Å². The minimum Gasteiger partial charge on any atom is -0.383 e. The lowest BCUT2D eigenvalue weighted by molar-refractivity contribution is 0.0931. The van der Waals surface area contributed by atoms with E-state index in [2.05, 4.69) is 15.4 Å². The van der Waals surface area contributed by atoms with Crippen LogP contribution in [0.3, 0.4) is 0 Å². The average Bonchev–Trinajstić information content (AvgIpc) is 3.09. The van der Waals surface area contributed by atoms with Crippen molar-refractivity contribution in [1.82, 2.24) is 20.1 Å². The summed E-state index contributed by atoms with van der Waals surface area (Å²) in [5.41, 5.74) is 2.40. The molecule has 2 aromatic heterocycles. The number of ether oxygens (including phenoxy) is 1. The molecular weight excluding hydrogens is 323 g/mol. The predicted molar refractivity (Wildman–Crippen MR) is 91.0 cm³/mol. The highest BCUT2D eigenvalue weighted by Gasteiger charge is 2.16. The van der Waals surface area contributed by atoms with E-state index >= 15 is 0 Å². The second kappa shape index (κ2) is 7.67. The van der Waals surface area contributed by atoms with Crippen molar-refractivity contribution in [3.63, 3.8) is 0 Å². The molecule has 0 saturated carbocycles. The van der Waals surface area contributed by atoms with E-state index in [-0.39, 0.29) is 17.4 Å². The van der Waals surface area contributed by atoms with E-state index in [1.165, 1.54) is 12.1 Å². The summed E-state index contributed by atoms with van der Waals surface area (Å²) in [6.07, 6.45) is 3.35. The molecule has 3 aromatic rings. The largest absolute Gasteiger partial charge is 0.383 e. The van der Waals surface area contributed by atoms with Crippen molar-refractivity contribution in [1.29, 1.82) is 0 Å². The Kier molecular flexibility index (Phi) is 5.15. The number of hydrogen-bond acceptors (Lipinski definition) is 4. The number of carbonyl (C=O) groups is 1. The first-order chi connectivity index (χ1) is 12.2. The standard InChI is InChI=1S/C18H17FN4O2/c1-25-10-9-21-18(24)16-11-17(13-3-2-8-20-12-13)23(22-16)15-6-4-14(19)5-7-15/h2-8,11-12H,9-10H2,1H3,(H,21,24). The van der Waals surface area contributed by atoms with Gasteiger partial charge in [0.15, 0.2) is 5.69 Å². The quantitative estimate of drug-likeness (QED) is 0.700. The number of amides is 1. The summed E-state index contributed by atoms with van der Waals surface area (Å²) in [7, 11) is 1.57. The zero-order valence-corrected chi connectivity index (χ0v) is 13.6. The first-order valence-electron chi connectivity index (χ1n) is 7.72. The van der Waals surface area contributed by atoms with Crippen LogP contribution in [0.5, 0.6) is 0 Å². The molecule has 2 heterocycles. The van der Waals surface area contributed by atoms with E-state index in [4.69, 9.17) is 4.74 Å². The van der Waals surface area contributed by atoms with Gasteiger partial charge in [-0.2, -0.15) is 5.10 Å². The van der Waals surface area contributed by atoms with Crippen LogP contribution in [-0.2, 0) is 4.74 Å². The monoisotopic (exact) mass is 340 g/mol. The number of halogens is 1. The highest BCUT2D eigenvalue weighted by molar-refractivity contribution is 5.93. The normalized spacial score (nSPS) is 10.6. The Hall–Kier alpha value is -3.06. The molecule has 0 aliphatic rings. The van der Waals surface area contributed by atoms with Crippen LogP contribution in [0.15, 0.2) is 54.9 Å². The first kappa shape index (κ1) is 16.8. The van der Waals surface area contributed by atoms with Crippen LogP contribution in [0.25, 0.3) is 16.9 Å². The Morgan fingerprint density at radius 1 is 1.28 bits per heavy atom. The number of rotatable bonds is 6. The molecule has 0 radical (unpaired) electrons. The molecule has 0 saturated heterocycles. The molecule has 0 unspecified atom stereocenters. The number of nitrogens with one attached hydrogen (secondary N) is 1. The van der Waals surface area contributed by atoms with E-state index in [9.17, 15) is 9.18 Å². The molecule has 1 N–H and O–H groups in total. The van der Waals surface area contributed by atoms with Crippen molar-refractivity contribution in [3.05, 3.63) is 66.4 Å². The van der Waals surface area contributed by atoms with E-state index < -0.39 is 0 Å². The van der Waals surface area contributed by atoms with Gasteiger partial charge in [-0.05, 0) is 42.5 Å². The number of benzene rings is 1. The van der Waals surface area contributed by atoms with Gasteiger partial charge >= 0.3 is 0 Å². The number of carbonyl (C=O) groups excluding carboxylic acids is 1. The Bertz CT molecular complexity index is 847. The van der Waals surface area contributed by atoms with Crippen molar-refractivity contribution in [2.24, 2.45) is 0 Å². The summed E-state index contributed by atoms with van der Waals surface area (Å²) in [5.74, 6) is -0.639. The zero-order valence-electron chi connectivity index (χ0n) is 13.6. The SMILES string of the molecule is COCCNC(=O)c1cc(-c2cccnc2)n(-c2ccc(F)cc2)n1. The maximum atomic E-state index is 13.2. The van der Waals surface area contributed by atoms with Gasteiger partial charge in [-0.15, -0.1) is 0 Å². The third-order valence-corrected chi connectivity index (χ3v) is 3.56. The molecule has 1 aromatic carbocycles. The molecule has 7 heteroatoms. The highest BCUT2D eigenvalue weighted by atomic mass is 19.1. The number of nitrogens with zero attached hydrogens (tertiary/aromatic N) is 3. The Morgan fingerprint density at radius 2 is 2.08 bits per heavy atom. The van der Waals surface area contributed by atoms with Crippen molar-refractivity contribution in [2.75, 3.05) is 20.3 Å². The Morgan fingerprint density at radius 3 is 2.76 bits per heavy atom. The molecule has 0 atom stereocenters. The molecule has 128 valence electrons. The molecule has 0 aliphatic heterocycles. The predicted octanol–water partition coefficient (Wildman–Crippen LogP) is 2.45. The van der Waals surface area contributed by atoms with Gasteiger partial charge in [0.1, 0.15) is 5.82 Å². The van der Waals surface area contributed by atoms with Crippen LogP contribution in [0, 0.1) is 5.82 Å². The maximum absolute atomic E-state index is 13.2. The average molecular weight is 340 g/mol. The fourth-order valence-corrected chi connectivity index (χ4v) is 2.35. The topological polar surface area (TPSA) is 69.0 Å². The summed E-state index contributed by atoms with van der Waals surface area (Å²) in [6.45, 7) is 0.806. The lowest BCUT2D eigenvalue weighted by Crippen LogP contribution is -2.27. The third-order valence-electron chi connectivity index (χ3n) is 3.56. The van der Waals surface area contributed by atoms with Gasteiger partial charge in [0.05, 0.1) is 18.0 Å². The molecule has 0 spiro atoms. The van der Waals surface area contributed by atoms with Crippen LogP contribution in [-0.4, -0.2) is 40.9 Å². The molecule has 6 nitrogen and oxygen atoms in total. The smallest absolute Gasteiger partial charge is 0.271 e. The number of hydrogen-bond donors (Lipinski definition) is 1. The minimum atomic E-state index is -0.337. The summed E-state index contributed by atoms with van der Waals surface area (Å²) < 4.78 is 19.7. The summed E-state index contributed by atoms with van der Waals surface area (Å²) >= 11 is 0.